The maximum atomic E-state index is 13.4. The van der Waals surface area contributed by atoms with Crippen LogP contribution in [0.1, 0.15) is 37.4 Å². The molecule has 1 aromatic carbocycles. The molecule has 0 bridgehead atoms. The Kier molecular flexibility index (Phi) is 7.71. The van der Waals surface area contributed by atoms with Gasteiger partial charge in [0, 0.05) is 75.4 Å². The van der Waals surface area contributed by atoms with Crippen LogP contribution >= 0.6 is 0 Å². The van der Waals surface area contributed by atoms with Crippen LogP contribution in [-0.4, -0.2) is 65.5 Å². The molecule has 0 spiro atoms. The lowest BCUT2D eigenvalue weighted by Gasteiger charge is -2.33. The Labute approximate surface area is 190 Å². The fraction of sp³-hybridized carbons (Fsp3) is 0.520. The highest BCUT2D eigenvalue weighted by molar-refractivity contribution is 5.76. The van der Waals surface area contributed by atoms with Crippen LogP contribution in [0.2, 0.25) is 0 Å². The van der Waals surface area contributed by atoms with Gasteiger partial charge in [0.25, 0.3) is 0 Å². The van der Waals surface area contributed by atoms with Crippen LogP contribution in [0, 0.1) is 5.82 Å². The summed E-state index contributed by atoms with van der Waals surface area (Å²) in [5, 5.41) is 6.85. The van der Waals surface area contributed by atoms with Gasteiger partial charge in [-0.1, -0.05) is 12.1 Å². The SMILES string of the molecule is C[C@H]1CN(Cc2ccc(CCC(=O)N3CCC(Nc4cccc(F)c4)CC3)nc2)CCN1. The number of benzene rings is 1. The zero-order chi connectivity index (χ0) is 22.3. The highest BCUT2D eigenvalue weighted by Gasteiger charge is 2.22. The minimum Gasteiger partial charge on any atom is -0.382 e. The highest BCUT2D eigenvalue weighted by atomic mass is 19.1. The van der Waals surface area contributed by atoms with Crippen LogP contribution in [0.3, 0.4) is 0 Å². The van der Waals surface area contributed by atoms with Crippen molar-refractivity contribution in [3.63, 3.8) is 0 Å². The Bertz CT molecular complexity index is 882. The second-order valence-corrected chi connectivity index (χ2v) is 9.06. The molecule has 0 unspecified atom stereocenters. The molecule has 4 rings (SSSR count). The molecule has 0 radical (unpaired) electrons. The number of anilines is 1. The summed E-state index contributed by atoms with van der Waals surface area (Å²) in [7, 11) is 0. The Morgan fingerprint density at radius 1 is 1.22 bits per heavy atom. The molecule has 0 aliphatic carbocycles. The van der Waals surface area contributed by atoms with Crippen molar-refractivity contribution in [2.75, 3.05) is 38.0 Å². The van der Waals surface area contributed by atoms with Gasteiger partial charge in [0.15, 0.2) is 0 Å². The van der Waals surface area contributed by atoms with Gasteiger partial charge in [-0.3, -0.25) is 14.7 Å². The number of piperidine rings is 1. The van der Waals surface area contributed by atoms with Gasteiger partial charge in [0.1, 0.15) is 5.82 Å². The second kappa shape index (κ2) is 10.9. The van der Waals surface area contributed by atoms with Crippen LogP contribution in [0.4, 0.5) is 10.1 Å². The average molecular weight is 440 g/mol. The maximum Gasteiger partial charge on any atom is 0.222 e. The number of likely N-dealkylation sites (tertiary alicyclic amines) is 1. The predicted octanol–water partition coefficient (Wildman–Crippen LogP) is 3.05. The minimum atomic E-state index is -0.234. The largest absolute Gasteiger partial charge is 0.382 e. The topological polar surface area (TPSA) is 60.5 Å². The second-order valence-electron chi connectivity index (χ2n) is 9.06. The van der Waals surface area contributed by atoms with Gasteiger partial charge in [-0.05, 0) is 56.0 Å². The first-order valence-electron chi connectivity index (χ1n) is 11.7. The Balaban J connectivity index is 1.18. The lowest BCUT2D eigenvalue weighted by molar-refractivity contribution is -0.132. The van der Waals surface area contributed by atoms with Crippen molar-refractivity contribution in [2.45, 2.75) is 51.2 Å². The number of carbonyl (C=O) groups excluding carboxylic acids is 1. The molecule has 3 heterocycles. The number of hydrogen-bond acceptors (Lipinski definition) is 5. The van der Waals surface area contributed by atoms with E-state index in [-0.39, 0.29) is 17.8 Å². The van der Waals surface area contributed by atoms with Gasteiger partial charge >= 0.3 is 0 Å². The number of halogens is 1. The normalized spacial score (nSPS) is 20.3. The molecule has 2 aromatic rings. The van der Waals surface area contributed by atoms with E-state index in [0.29, 0.717) is 18.9 Å². The van der Waals surface area contributed by atoms with E-state index >= 15 is 0 Å². The Morgan fingerprint density at radius 3 is 2.78 bits per heavy atom. The van der Waals surface area contributed by atoms with E-state index in [1.54, 1.807) is 6.07 Å². The molecule has 1 atom stereocenters. The van der Waals surface area contributed by atoms with Gasteiger partial charge in [-0.2, -0.15) is 0 Å². The van der Waals surface area contributed by atoms with Gasteiger partial charge in [0.05, 0.1) is 0 Å². The summed E-state index contributed by atoms with van der Waals surface area (Å²) in [6.45, 7) is 7.78. The number of carbonyl (C=O) groups is 1. The summed E-state index contributed by atoms with van der Waals surface area (Å²) in [4.78, 5) is 21.7. The summed E-state index contributed by atoms with van der Waals surface area (Å²) in [5.41, 5.74) is 3.00. The number of rotatable bonds is 7. The Morgan fingerprint density at radius 2 is 2.06 bits per heavy atom. The van der Waals surface area contributed by atoms with Crippen molar-refractivity contribution in [1.82, 2.24) is 20.1 Å². The summed E-state index contributed by atoms with van der Waals surface area (Å²) in [5.74, 6) is -0.0439. The molecule has 32 heavy (non-hydrogen) atoms. The molecule has 2 aliphatic heterocycles. The highest BCUT2D eigenvalue weighted by Crippen LogP contribution is 2.18. The van der Waals surface area contributed by atoms with Crippen LogP contribution in [0.5, 0.6) is 0 Å². The predicted molar refractivity (Wildman–Crippen MR) is 125 cm³/mol. The van der Waals surface area contributed by atoms with Crippen molar-refractivity contribution in [2.24, 2.45) is 0 Å². The molecule has 6 nitrogen and oxygen atoms in total. The lowest BCUT2D eigenvalue weighted by Crippen LogP contribution is -2.48. The van der Waals surface area contributed by atoms with E-state index in [1.807, 2.05) is 17.2 Å². The van der Waals surface area contributed by atoms with Crippen molar-refractivity contribution >= 4 is 11.6 Å². The van der Waals surface area contributed by atoms with E-state index < -0.39 is 0 Å². The maximum absolute atomic E-state index is 13.4. The van der Waals surface area contributed by atoms with E-state index in [0.717, 1.165) is 63.5 Å². The molecule has 1 amide bonds. The number of aromatic nitrogens is 1. The summed E-state index contributed by atoms with van der Waals surface area (Å²) >= 11 is 0. The lowest BCUT2D eigenvalue weighted by atomic mass is 10.0. The molecular formula is C25H34FN5O. The molecule has 172 valence electrons. The monoisotopic (exact) mass is 439 g/mol. The Hall–Kier alpha value is -2.51. The first-order chi connectivity index (χ1) is 15.5. The number of hydrogen-bond donors (Lipinski definition) is 2. The first-order valence-corrected chi connectivity index (χ1v) is 11.7. The van der Waals surface area contributed by atoms with E-state index in [1.165, 1.54) is 17.7 Å². The zero-order valence-corrected chi connectivity index (χ0v) is 18.9. The number of nitrogens with one attached hydrogen (secondary N) is 2. The third-order valence-electron chi connectivity index (χ3n) is 6.38. The van der Waals surface area contributed by atoms with Gasteiger partial charge in [-0.15, -0.1) is 0 Å². The summed E-state index contributed by atoms with van der Waals surface area (Å²) < 4.78 is 13.4. The molecule has 2 saturated heterocycles. The van der Waals surface area contributed by atoms with Crippen molar-refractivity contribution in [1.29, 1.82) is 0 Å². The molecule has 2 aliphatic rings. The molecular weight excluding hydrogens is 405 g/mol. The third kappa shape index (κ3) is 6.50. The third-order valence-corrected chi connectivity index (χ3v) is 6.38. The van der Waals surface area contributed by atoms with Crippen LogP contribution in [0.15, 0.2) is 42.6 Å². The number of aryl methyl sites for hydroxylation is 1. The van der Waals surface area contributed by atoms with Gasteiger partial charge in [0.2, 0.25) is 5.91 Å². The first kappa shape index (κ1) is 22.7. The fourth-order valence-corrected chi connectivity index (χ4v) is 4.59. The molecule has 0 saturated carbocycles. The molecule has 2 fully saturated rings. The summed E-state index contributed by atoms with van der Waals surface area (Å²) in [6, 6.07) is 11.6. The van der Waals surface area contributed by atoms with Crippen molar-refractivity contribution < 1.29 is 9.18 Å². The fourth-order valence-electron chi connectivity index (χ4n) is 4.59. The standard InChI is InChI=1S/C25H34FN5O/c1-19-17-30(14-11-27-19)18-20-5-6-22(28-16-20)7-8-25(32)31-12-9-23(10-13-31)29-24-4-2-3-21(26)15-24/h2-6,15-16,19,23,27,29H,7-14,17-18H2,1H3/t19-/m0/s1. The van der Waals surface area contributed by atoms with Crippen LogP contribution < -0.4 is 10.6 Å². The molecule has 1 aromatic heterocycles. The number of pyridine rings is 1. The number of piperazine rings is 1. The minimum absolute atomic E-state index is 0.190. The smallest absolute Gasteiger partial charge is 0.222 e. The van der Waals surface area contributed by atoms with Crippen LogP contribution in [0.25, 0.3) is 0 Å². The molecule has 7 heteroatoms. The number of amides is 1. The van der Waals surface area contributed by atoms with Gasteiger partial charge in [-0.25, -0.2) is 4.39 Å². The zero-order valence-electron chi connectivity index (χ0n) is 18.9. The van der Waals surface area contributed by atoms with Crippen LogP contribution in [-0.2, 0) is 17.8 Å². The average Bonchev–Trinajstić information content (AvgIpc) is 2.79. The van der Waals surface area contributed by atoms with E-state index in [4.69, 9.17) is 0 Å². The number of nitrogens with zero attached hydrogens (tertiary/aromatic N) is 3. The van der Waals surface area contributed by atoms with E-state index in [9.17, 15) is 9.18 Å². The molecule has 2 N–H and O–H groups in total. The van der Waals surface area contributed by atoms with Crippen molar-refractivity contribution in [3.8, 4) is 0 Å². The van der Waals surface area contributed by atoms with Gasteiger partial charge < -0.3 is 15.5 Å². The summed E-state index contributed by atoms with van der Waals surface area (Å²) in [6.07, 6.45) is 4.87. The van der Waals surface area contributed by atoms with E-state index in [2.05, 4.69) is 39.6 Å². The quantitative estimate of drug-likeness (QED) is 0.695. The van der Waals surface area contributed by atoms with Crippen molar-refractivity contribution in [3.05, 3.63) is 59.7 Å².